The molecule has 0 spiro atoms. The lowest BCUT2D eigenvalue weighted by atomic mass is 9.98. The summed E-state index contributed by atoms with van der Waals surface area (Å²) in [4.78, 5) is 17.8. The monoisotopic (exact) mass is 265 g/mol. The van der Waals surface area contributed by atoms with Crippen molar-refractivity contribution in [2.75, 3.05) is 18.8 Å². The van der Waals surface area contributed by atoms with Gasteiger partial charge >= 0.3 is 0 Å². The highest BCUT2D eigenvalue weighted by Crippen LogP contribution is 2.22. The van der Waals surface area contributed by atoms with E-state index in [-0.39, 0.29) is 17.3 Å². The third-order valence-corrected chi connectivity index (χ3v) is 3.83. The van der Waals surface area contributed by atoms with Crippen molar-refractivity contribution in [3.63, 3.8) is 0 Å². The van der Waals surface area contributed by atoms with Gasteiger partial charge in [0.1, 0.15) is 11.6 Å². The first-order valence-electron chi connectivity index (χ1n) is 6.82. The molecule has 4 nitrogen and oxygen atoms in total. The molecule has 2 rings (SSSR count). The van der Waals surface area contributed by atoms with E-state index in [1.54, 1.807) is 4.90 Å². The summed E-state index contributed by atoms with van der Waals surface area (Å²) in [6.45, 7) is 3.61. The average molecular weight is 265 g/mol. The van der Waals surface area contributed by atoms with Crippen LogP contribution in [0.15, 0.2) is 12.3 Å². The maximum absolute atomic E-state index is 13.2. The van der Waals surface area contributed by atoms with Crippen LogP contribution in [0.4, 0.5) is 10.2 Å². The number of amides is 1. The van der Waals surface area contributed by atoms with Gasteiger partial charge in [-0.2, -0.15) is 0 Å². The number of nitrogens with zero attached hydrogens (tertiary/aromatic N) is 2. The Morgan fingerprint density at radius 1 is 1.53 bits per heavy atom. The Morgan fingerprint density at radius 3 is 3.05 bits per heavy atom. The van der Waals surface area contributed by atoms with Crippen molar-refractivity contribution in [1.29, 1.82) is 0 Å². The molecule has 0 bridgehead atoms. The summed E-state index contributed by atoms with van der Waals surface area (Å²) < 4.78 is 13.2. The van der Waals surface area contributed by atoms with Crippen LogP contribution in [0, 0.1) is 11.7 Å². The van der Waals surface area contributed by atoms with Gasteiger partial charge in [0.2, 0.25) is 0 Å². The molecule has 1 aromatic rings. The molecular weight excluding hydrogens is 245 g/mol. The first-order chi connectivity index (χ1) is 9.11. The summed E-state index contributed by atoms with van der Waals surface area (Å²) in [5, 5.41) is 0. The number of halogens is 1. The molecule has 1 aliphatic rings. The van der Waals surface area contributed by atoms with Gasteiger partial charge < -0.3 is 10.6 Å². The molecule has 1 fully saturated rings. The lowest BCUT2D eigenvalue weighted by Gasteiger charge is -2.21. The van der Waals surface area contributed by atoms with Gasteiger partial charge in [-0.15, -0.1) is 0 Å². The second-order valence-electron chi connectivity index (χ2n) is 5.08. The number of nitrogens with two attached hydrogens (primary N) is 1. The molecule has 0 aliphatic carbocycles. The zero-order chi connectivity index (χ0) is 13.8. The molecule has 0 radical (unpaired) electrons. The first-order valence-corrected chi connectivity index (χ1v) is 6.82. The SMILES string of the molecule is CCC1CCCN(C(=O)c2cc(F)cnc2N)CC1. The summed E-state index contributed by atoms with van der Waals surface area (Å²) >= 11 is 0. The highest BCUT2D eigenvalue weighted by Gasteiger charge is 2.23. The lowest BCUT2D eigenvalue weighted by Crippen LogP contribution is -2.32. The summed E-state index contributed by atoms with van der Waals surface area (Å²) in [5.41, 5.74) is 5.84. The van der Waals surface area contributed by atoms with E-state index >= 15 is 0 Å². The molecule has 2 heterocycles. The van der Waals surface area contributed by atoms with E-state index in [1.165, 1.54) is 6.07 Å². The van der Waals surface area contributed by atoms with E-state index in [1.807, 2.05) is 0 Å². The maximum atomic E-state index is 13.2. The number of anilines is 1. The predicted molar refractivity (Wildman–Crippen MR) is 72.1 cm³/mol. The van der Waals surface area contributed by atoms with Crippen molar-refractivity contribution >= 4 is 11.7 Å². The van der Waals surface area contributed by atoms with Gasteiger partial charge in [0.05, 0.1) is 11.8 Å². The number of hydrogen-bond acceptors (Lipinski definition) is 3. The van der Waals surface area contributed by atoms with Crippen LogP contribution in [-0.2, 0) is 0 Å². The van der Waals surface area contributed by atoms with Crippen LogP contribution in [-0.4, -0.2) is 28.9 Å². The minimum Gasteiger partial charge on any atom is -0.383 e. The Hall–Kier alpha value is -1.65. The Kier molecular flexibility index (Phi) is 4.35. The Bertz CT molecular complexity index is 464. The second kappa shape index (κ2) is 5.99. The van der Waals surface area contributed by atoms with Crippen molar-refractivity contribution in [2.24, 2.45) is 5.92 Å². The molecule has 1 aliphatic heterocycles. The van der Waals surface area contributed by atoms with Gasteiger partial charge in [0, 0.05) is 13.1 Å². The fourth-order valence-corrected chi connectivity index (χ4v) is 2.57. The third kappa shape index (κ3) is 3.22. The molecule has 0 saturated carbocycles. The van der Waals surface area contributed by atoms with E-state index in [9.17, 15) is 9.18 Å². The number of aromatic nitrogens is 1. The fourth-order valence-electron chi connectivity index (χ4n) is 2.57. The molecule has 19 heavy (non-hydrogen) atoms. The number of likely N-dealkylation sites (tertiary alicyclic amines) is 1. The van der Waals surface area contributed by atoms with E-state index in [2.05, 4.69) is 11.9 Å². The van der Waals surface area contributed by atoms with E-state index < -0.39 is 5.82 Å². The van der Waals surface area contributed by atoms with Crippen molar-refractivity contribution < 1.29 is 9.18 Å². The van der Waals surface area contributed by atoms with E-state index in [0.29, 0.717) is 19.0 Å². The maximum Gasteiger partial charge on any atom is 0.257 e. The molecule has 1 unspecified atom stereocenters. The minimum absolute atomic E-state index is 0.0997. The van der Waals surface area contributed by atoms with Crippen LogP contribution in [0.1, 0.15) is 43.0 Å². The van der Waals surface area contributed by atoms with Crippen molar-refractivity contribution in [1.82, 2.24) is 9.88 Å². The van der Waals surface area contributed by atoms with Crippen molar-refractivity contribution in [3.8, 4) is 0 Å². The molecule has 2 N–H and O–H groups in total. The van der Waals surface area contributed by atoms with Gasteiger partial charge in [0.15, 0.2) is 0 Å². The number of nitrogen functional groups attached to an aromatic ring is 1. The van der Waals surface area contributed by atoms with Gasteiger partial charge in [0.25, 0.3) is 5.91 Å². The van der Waals surface area contributed by atoms with Crippen molar-refractivity contribution in [3.05, 3.63) is 23.6 Å². The normalized spacial score (nSPS) is 20.1. The Morgan fingerprint density at radius 2 is 2.32 bits per heavy atom. The van der Waals surface area contributed by atoms with Crippen LogP contribution in [0.5, 0.6) is 0 Å². The van der Waals surface area contributed by atoms with Crippen LogP contribution in [0.25, 0.3) is 0 Å². The quantitative estimate of drug-likeness (QED) is 0.893. The lowest BCUT2D eigenvalue weighted by molar-refractivity contribution is 0.0760. The third-order valence-electron chi connectivity index (χ3n) is 3.83. The molecular formula is C14H20FN3O. The van der Waals surface area contributed by atoms with E-state index in [4.69, 9.17) is 5.73 Å². The number of rotatable bonds is 2. The summed E-state index contributed by atoms with van der Waals surface area (Å²) in [5.74, 6) is 0.0449. The fraction of sp³-hybridized carbons (Fsp3) is 0.571. The molecule has 1 aromatic heterocycles. The molecule has 0 aromatic carbocycles. The predicted octanol–water partition coefficient (Wildman–Crippen LogP) is 2.46. The number of carbonyl (C=O) groups is 1. The molecule has 5 heteroatoms. The first kappa shape index (κ1) is 13.8. The number of pyridine rings is 1. The van der Waals surface area contributed by atoms with Gasteiger partial charge in [-0.1, -0.05) is 13.3 Å². The summed E-state index contributed by atoms with van der Waals surface area (Å²) in [7, 11) is 0. The summed E-state index contributed by atoms with van der Waals surface area (Å²) in [6.07, 6.45) is 5.32. The van der Waals surface area contributed by atoms with Gasteiger partial charge in [-0.25, -0.2) is 9.37 Å². The topological polar surface area (TPSA) is 59.2 Å². The van der Waals surface area contributed by atoms with Crippen LogP contribution in [0.2, 0.25) is 0 Å². The minimum atomic E-state index is -0.529. The highest BCUT2D eigenvalue weighted by atomic mass is 19.1. The van der Waals surface area contributed by atoms with Crippen molar-refractivity contribution in [2.45, 2.75) is 32.6 Å². The second-order valence-corrected chi connectivity index (χ2v) is 5.08. The zero-order valence-corrected chi connectivity index (χ0v) is 11.2. The van der Waals surface area contributed by atoms with Crippen LogP contribution >= 0.6 is 0 Å². The van der Waals surface area contributed by atoms with Crippen LogP contribution < -0.4 is 5.73 Å². The molecule has 1 saturated heterocycles. The average Bonchev–Trinajstić information content (AvgIpc) is 2.66. The largest absolute Gasteiger partial charge is 0.383 e. The molecule has 1 amide bonds. The highest BCUT2D eigenvalue weighted by molar-refractivity contribution is 5.98. The Labute approximate surface area is 112 Å². The van der Waals surface area contributed by atoms with Gasteiger partial charge in [-0.3, -0.25) is 4.79 Å². The smallest absolute Gasteiger partial charge is 0.257 e. The zero-order valence-electron chi connectivity index (χ0n) is 11.2. The van der Waals surface area contributed by atoms with Crippen LogP contribution in [0.3, 0.4) is 0 Å². The molecule has 1 atom stereocenters. The standard InChI is InChI=1S/C14H20FN3O/c1-2-10-4-3-6-18(7-5-10)14(19)12-8-11(15)9-17-13(12)16/h8-10H,2-7H2,1H3,(H2,16,17). The number of carbonyl (C=O) groups excluding carboxylic acids is 1. The van der Waals surface area contributed by atoms with E-state index in [0.717, 1.165) is 31.9 Å². The Balaban J connectivity index is 2.13. The number of hydrogen-bond donors (Lipinski definition) is 1. The summed E-state index contributed by atoms with van der Waals surface area (Å²) in [6, 6.07) is 1.17. The molecule has 104 valence electrons. The van der Waals surface area contributed by atoms with Gasteiger partial charge in [-0.05, 0) is 31.2 Å².